The first-order chi connectivity index (χ1) is 6.83. The van der Waals surface area contributed by atoms with Crippen LogP contribution in [-0.4, -0.2) is 26.5 Å². The van der Waals surface area contributed by atoms with Gasteiger partial charge in [-0.15, -0.1) is 5.10 Å². The molecule has 1 saturated heterocycles. The van der Waals surface area contributed by atoms with E-state index in [2.05, 4.69) is 15.7 Å². The number of thioether (sulfide) groups is 1. The van der Waals surface area contributed by atoms with Gasteiger partial charge in [0.25, 0.3) is 0 Å². The van der Waals surface area contributed by atoms with E-state index in [0.717, 1.165) is 5.69 Å². The third kappa shape index (κ3) is 1.77. The van der Waals surface area contributed by atoms with Gasteiger partial charge in [-0.1, -0.05) is 5.21 Å². The Morgan fingerprint density at radius 1 is 1.79 bits per heavy atom. The summed E-state index contributed by atoms with van der Waals surface area (Å²) >= 11 is 1.98. The highest BCUT2D eigenvalue weighted by molar-refractivity contribution is 7.99. The number of nitrogens with one attached hydrogen (secondary N) is 1. The molecule has 2 rings (SSSR count). The molecule has 14 heavy (non-hydrogen) atoms. The van der Waals surface area contributed by atoms with Gasteiger partial charge < -0.3 is 0 Å². The standard InChI is InChI=1S/C8H15N5S/c1-13-7(4-10-12-13)8(11-9)6-2-3-14-5-6/h4,6,8,11H,2-3,5,9H2,1H3. The topological polar surface area (TPSA) is 68.8 Å². The van der Waals surface area contributed by atoms with Gasteiger partial charge in [0, 0.05) is 7.05 Å². The molecule has 2 atom stereocenters. The van der Waals surface area contributed by atoms with Crippen LogP contribution in [0.1, 0.15) is 18.2 Å². The van der Waals surface area contributed by atoms with Crippen molar-refractivity contribution >= 4 is 11.8 Å². The highest BCUT2D eigenvalue weighted by Crippen LogP contribution is 2.33. The largest absolute Gasteiger partial charge is 0.271 e. The molecule has 0 amide bonds. The van der Waals surface area contributed by atoms with Crippen LogP contribution >= 0.6 is 11.8 Å². The van der Waals surface area contributed by atoms with E-state index in [1.54, 1.807) is 10.9 Å². The number of hydrogen-bond donors (Lipinski definition) is 2. The molecule has 0 saturated carbocycles. The van der Waals surface area contributed by atoms with Crippen LogP contribution in [-0.2, 0) is 7.05 Å². The lowest BCUT2D eigenvalue weighted by molar-refractivity contribution is 0.379. The van der Waals surface area contributed by atoms with Crippen molar-refractivity contribution in [3.05, 3.63) is 11.9 Å². The summed E-state index contributed by atoms with van der Waals surface area (Å²) in [7, 11) is 1.90. The Morgan fingerprint density at radius 3 is 3.14 bits per heavy atom. The predicted molar refractivity (Wildman–Crippen MR) is 56.5 cm³/mol. The van der Waals surface area contributed by atoms with Crippen LogP contribution < -0.4 is 11.3 Å². The molecule has 0 spiro atoms. The first-order valence-electron chi connectivity index (χ1n) is 4.71. The fourth-order valence-corrected chi connectivity index (χ4v) is 3.16. The van der Waals surface area contributed by atoms with Crippen molar-refractivity contribution in [2.45, 2.75) is 12.5 Å². The minimum absolute atomic E-state index is 0.185. The fourth-order valence-electron chi connectivity index (χ4n) is 1.86. The van der Waals surface area contributed by atoms with Crippen LogP contribution in [0.3, 0.4) is 0 Å². The molecule has 6 heteroatoms. The molecule has 78 valence electrons. The van der Waals surface area contributed by atoms with E-state index >= 15 is 0 Å². The molecule has 1 aromatic heterocycles. The van der Waals surface area contributed by atoms with E-state index in [1.807, 2.05) is 18.8 Å². The van der Waals surface area contributed by atoms with Crippen LogP contribution in [0.5, 0.6) is 0 Å². The van der Waals surface area contributed by atoms with Crippen molar-refractivity contribution in [1.29, 1.82) is 0 Å². The molecule has 1 fully saturated rings. The average molecular weight is 213 g/mol. The van der Waals surface area contributed by atoms with Gasteiger partial charge in [-0.25, -0.2) is 0 Å². The first kappa shape index (κ1) is 9.95. The maximum Gasteiger partial charge on any atom is 0.0769 e. The zero-order chi connectivity index (χ0) is 9.97. The second-order valence-corrected chi connectivity index (χ2v) is 4.70. The smallest absolute Gasteiger partial charge is 0.0769 e. The van der Waals surface area contributed by atoms with E-state index in [9.17, 15) is 0 Å². The Kier molecular flexibility index (Phi) is 3.05. The number of aryl methyl sites for hydroxylation is 1. The van der Waals surface area contributed by atoms with Crippen molar-refractivity contribution in [3.8, 4) is 0 Å². The van der Waals surface area contributed by atoms with Crippen molar-refractivity contribution in [1.82, 2.24) is 20.4 Å². The molecule has 0 bridgehead atoms. The van der Waals surface area contributed by atoms with Gasteiger partial charge in [-0.2, -0.15) is 11.8 Å². The number of hydrazine groups is 1. The monoisotopic (exact) mass is 213 g/mol. The van der Waals surface area contributed by atoms with Crippen molar-refractivity contribution in [2.24, 2.45) is 18.8 Å². The van der Waals surface area contributed by atoms with E-state index < -0.39 is 0 Å². The first-order valence-corrected chi connectivity index (χ1v) is 5.87. The molecule has 5 nitrogen and oxygen atoms in total. The number of aromatic nitrogens is 3. The second kappa shape index (κ2) is 4.29. The van der Waals surface area contributed by atoms with Gasteiger partial charge >= 0.3 is 0 Å². The van der Waals surface area contributed by atoms with E-state index in [1.165, 1.54) is 17.9 Å². The SMILES string of the molecule is Cn1nncc1C(NN)C1CCSC1. The molecule has 1 aliphatic rings. The zero-order valence-corrected chi connectivity index (χ0v) is 9.00. The fraction of sp³-hybridized carbons (Fsp3) is 0.750. The van der Waals surface area contributed by atoms with E-state index in [-0.39, 0.29) is 6.04 Å². The van der Waals surface area contributed by atoms with Crippen LogP contribution in [0.15, 0.2) is 6.20 Å². The van der Waals surface area contributed by atoms with Crippen molar-refractivity contribution < 1.29 is 0 Å². The Bertz CT molecular complexity index is 294. The number of rotatable bonds is 3. The lowest BCUT2D eigenvalue weighted by Gasteiger charge is -2.21. The summed E-state index contributed by atoms with van der Waals surface area (Å²) in [6.45, 7) is 0. The van der Waals surface area contributed by atoms with E-state index in [0.29, 0.717) is 5.92 Å². The minimum Gasteiger partial charge on any atom is -0.271 e. The number of hydrogen-bond acceptors (Lipinski definition) is 5. The highest BCUT2D eigenvalue weighted by Gasteiger charge is 2.27. The summed E-state index contributed by atoms with van der Waals surface area (Å²) in [6, 6.07) is 0.185. The van der Waals surface area contributed by atoms with Crippen LogP contribution in [0.25, 0.3) is 0 Å². The Balaban J connectivity index is 2.16. The maximum absolute atomic E-state index is 5.58. The van der Waals surface area contributed by atoms with Crippen LogP contribution in [0.4, 0.5) is 0 Å². The Morgan fingerprint density at radius 2 is 2.64 bits per heavy atom. The molecule has 0 aliphatic carbocycles. The summed E-state index contributed by atoms with van der Waals surface area (Å²) in [5.74, 6) is 8.58. The number of nitrogens with two attached hydrogens (primary N) is 1. The third-order valence-corrected chi connectivity index (χ3v) is 3.87. The zero-order valence-electron chi connectivity index (χ0n) is 8.18. The summed E-state index contributed by atoms with van der Waals surface area (Å²) < 4.78 is 1.79. The average Bonchev–Trinajstić information content (AvgIpc) is 2.80. The molecule has 2 unspecified atom stereocenters. The summed E-state index contributed by atoms with van der Waals surface area (Å²) in [5, 5.41) is 7.79. The van der Waals surface area contributed by atoms with Crippen LogP contribution in [0, 0.1) is 5.92 Å². The number of nitrogens with zero attached hydrogens (tertiary/aromatic N) is 3. The summed E-state index contributed by atoms with van der Waals surface area (Å²) in [4.78, 5) is 0. The Labute approximate surface area is 87.4 Å². The molecule has 3 N–H and O–H groups in total. The second-order valence-electron chi connectivity index (χ2n) is 3.55. The van der Waals surface area contributed by atoms with Gasteiger partial charge in [-0.05, 0) is 23.8 Å². The van der Waals surface area contributed by atoms with E-state index in [4.69, 9.17) is 5.84 Å². The molecule has 2 heterocycles. The van der Waals surface area contributed by atoms with Gasteiger partial charge in [0.1, 0.15) is 0 Å². The molecular formula is C8H15N5S. The Hall–Kier alpha value is -0.590. The lowest BCUT2D eigenvalue weighted by Crippen LogP contribution is -2.35. The predicted octanol–water partition coefficient (Wildman–Crippen LogP) is 0.0726. The van der Waals surface area contributed by atoms with Crippen LogP contribution in [0.2, 0.25) is 0 Å². The molecule has 0 aromatic carbocycles. The normalized spacial score (nSPS) is 24.0. The lowest BCUT2D eigenvalue weighted by atomic mass is 9.97. The van der Waals surface area contributed by atoms with Gasteiger partial charge in [0.05, 0.1) is 17.9 Å². The maximum atomic E-state index is 5.58. The van der Waals surface area contributed by atoms with Gasteiger partial charge in [0.2, 0.25) is 0 Å². The van der Waals surface area contributed by atoms with Gasteiger partial charge in [0.15, 0.2) is 0 Å². The molecule has 1 aromatic rings. The molecular weight excluding hydrogens is 198 g/mol. The van der Waals surface area contributed by atoms with Gasteiger partial charge in [-0.3, -0.25) is 16.0 Å². The summed E-state index contributed by atoms with van der Waals surface area (Å²) in [6.07, 6.45) is 3.00. The summed E-state index contributed by atoms with van der Waals surface area (Å²) in [5.41, 5.74) is 3.94. The van der Waals surface area contributed by atoms with Crippen molar-refractivity contribution in [3.63, 3.8) is 0 Å². The quantitative estimate of drug-likeness (QED) is 0.549. The third-order valence-electron chi connectivity index (χ3n) is 2.68. The molecule has 0 radical (unpaired) electrons. The molecule has 1 aliphatic heterocycles. The minimum atomic E-state index is 0.185. The van der Waals surface area contributed by atoms with Crippen molar-refractivity contribution in [2.75, 3.05) is 11.5 Å². The highest BCUT2D eigenvalue weighted by atomic mass is 32.2.